The number of amides is 1. The number of ether oxygens (including phenoxy) is 1. The lowest BCUT2D eigenvalue weighted by Gasteiger charge is -2.30. The van der Waals surface area contributed by atoms with Crippen molar-refractivity contribution in [2.45, 2.75) is 31.2 Å². The van der Waals surface area contributed by atoms with Gasteiger partial charge in [0, 0.05) is 24.7 Å². The van der Waals surface area contributed by atoms with Crippen LogP contribution < -0.4 is 4.90 Å². The topological polar surface area (TPSA) is 79.8 Å². The zero-order valence-corrected chi connectivity index (χ0v) is 17.2. The van der Waals surface area contributed by atoms with Crippen molar-refractivity contribution in [3.63, 3.8) is 0 Å². The van der Waals surface area contributed by atoms with Gasteiger partial charge in [0.1, 0.15) is 12.4 Å². The molecule has 0 aliphatic carbocycles. The van der Waals surface area contributed by atoms with Gasteiger partial charge >= 0.3 is 6.09 Å². The summed E-state index contributed by atoms with van der Waals surface area (Å²) < 4.78 is 30.3. The van der Waals surface area contributed by atoms with Crippen LogP contribution in [0.3, 0.4) is 0 Å². The third-order valence-corrected chi connectivity index (χ3v) is 6.92. The summed E-state index contributed by atoms with van der Waals surface area (Å²) >= 11 is 0. The van der Waals surface area contributed by atoms with Crippen LogP contribution in [-0.4, -0.2) is 55.8 Å². The van der Waals surface area contributed by atoms with Crippen LogP contribution in [0.5, 0.6) is 0 Å². The predicted octanol–water partition coefficient (Wildman–Crippen LogP) is 2.79. The number of cyclic esters (lactones) is 1. The molecule has 29 heavy (non-hydrogen) atoms. The van der Waals surface area contributed by atoms with Crippen LogP contribution in [0, 0.1) is 0 Å². The van der Waals surface area contributed by atoms with E-state index in [9.17, 15) is 13.2 Å². The first-order valence-electron chi connectivity index (χ1n) is 9.84. The molecule has 1 aromatic heterocycles. The molecule has 2 fully saturated rings. The molecule has 2 aromatic rings. The quantitative estimate of drug-likeness (QED) is 0.750. The van der Waals surface area contributed by atoms with Crippen LogP contribution in [0.2, 0.25) is 0 Å². The number of nitrogens with zero attached hydrogens (tertiary/aromatic N) is 3. The van der Waals surface area contributed by atoms with Gasteiger partial charge < -0.3 is 4.74 Å². The fourth-order valence-electron chi connectivity index (χ4n) is 4.06. The van der Waals surface area contributed by atoms with E-state index in [1.165, 1.54) is 10.6 Å². The van der Waals surface area contributed by atoms with Gasteiger partial charge in [-0.25, -0.2) is 22.5 Å². The number of carbonyl (C=O) groups excluding carboxylic acids is 1. The molecule has 3 heterocycles. The summed E-state index contributed by atoms with van der Waals surface area (Å²) in [6, 6.07) is 15.6. The molecule has 2 saturated heterocycles. The van der Waals surface area contributed by atoms with E-state index in [1.54, 1.807) is 4.90 Å². The van der Waals surface area contributed by atoms with E-state index in [4.69, 9.17) is 9.72 Å². The number of pyridine rings is 1. The molecule has 4 rings (SSSR count). The molecule has 0 spiro atoms. The van der Waals surface area contributed by atoms with Crippen LogP contribution in [-0.2, 0) is 21.2 Å². The first-order chi connectivity index (χ1) is 13.9. The molecule has 0 saturated carbocycles. The summed E-state index contributed by atoms with van der Waals surface area (Å²) in [5.74, 6) is 0.774. The number of rotatable bonds is 5. The lowest BCUT2D eigenvalue weighted by atomic mass is 9.94. The van der Waals surface area contributed by atoms with Crippen molar-refractivity contribution in [2.24, 2.45) is 0 Å². The van der Waals surface area contributed by atoms with E-state index >= 15 is 0 Å². The summed E-state index contributed by atoms with van der Waals surface area (Å²) in [7, 11) is -3.15. The van der Waals surface area contributed by atoms with Gasteiger partial charge in [0.25, 0.3) is 0 Å². The number of aromatic nitrogens is 1. The van der Waals surface area contributed by atoms with E-state index in [-0.39, 0.29) is 18.1 Å². The molecule has 8 heteroatoms. The Labute approximate surface area is 171 Å². The monoisotopic (exact) mass is 415 g/mol. The first kappa shape index (κ1) is 19.8. The van der Waals surface area contributed by atoms with Crippen molar-refractivity contribution in [3.05, 3.63) is 59.8 Å². The van der Waals surface area contributed by atoms with Gasteiger partial charge in [-0.05, 0) is 37.0 Å². The fraction of sp³-hybridized carbons (Fsp3) is 0.429. The first-order valence-corrected chi connectivity index (χ1v) is 11.7. The zero-order valence-electron chi connectivity index (χ0n) is 16.4. The van der Waals surface area contributed by atoms with Crippen LogP contribution in [0.1, 0.15) is 30.0 Å². The molecule has 2 aliphatic heterocycles. The highest BCUT2D eigenvalue weighted by Gasteiger charge is 2.35. The second-order valence-electron chi connectivity index (χ2n) is 7.65. The third kappa shape index (κ3) is 4.43. The minimum absolute atomic E-state index is 0.0975. The largest absolute Gasteiger partial charge is 0.447 e. The molecule has 2 aliphatic rings. The average Bonchev–Trinajstić information content (AvgIpc) is 3.08. The number of hydrogen-bond acceptors (Lipinski definition) is 5. The Bertz CT molecular complexity index is 972. The molecule has 1 amide bonds. The van der Waals surface area contributed by atoms with Crippen LogP contribution in [0.25, 0.3) is 0 Å². The molecule has 1 unspecified atom stereocenters. The van der Waals surface area contributed by atoms with Crippen LogP contribution >= 0.6 is 0 Å². The van der Waals surface area contributed by atoms with Crippen molar-refractivity contribution in [1.29, 1.82) is 0 Å². The SMILES string of the molecule is CS(=O)(=O)N1CCC(c2cccc(N3C(=O)OCC3Cc3ccccc3)n2)CC1. The lowest BCUT2D eigenvalue weighted by molar-refractivity contribution is 0.178. The van der Waals surface area contributed by atoms with Gasteiger partial charge in [-0.15, -0.1) is 0 Å². The average molecular weight is 416 g/mol. The maximum absolute atomic E-state index is 12.4. The smallest absolute Gasteiger partial charge is 0.415 e. The molecule has 1 aromatic carbocycles. The number of hydrogen-bond donors (Lipinski definition) is 0. The Hall–Kier alpha value is -2.45. The standard InChI is InChI=1S/C21H25N3O4S/c1-29(26,27)23-12-10-17(11-13-23)19-8-5-9-20(22-19)24-18(15-28-21(24)25)14-16-6-3-2-4-7-16/h2-9,17-18H,10-15H2,1H3. The van der Waals surface area contributed by atoms with Crippen molar-refractivity contribution >= 4 is 21.9 Å². The van der Waals surface area contributed by atoms with Crippen LogP contribution in [0.4, 0.5) is 10.6 Å². The highest BCUT2D eigenvalue weighted by Crippen LogP contribution is 2.30. The minimum Gasteiger partial charge on any atom is -0.447 e. The predicted molar refractivity (Wildman–Crippen MR) is 110 cm³/mol. The number of carbonyl (C=O) groups is 1. The zero-order chi connectivity index (χ0) is 20.4. The molecule has 0 N–H and O–H groups in total. The maximum atomic E-state index is 12.4. The summed E-state index contributed by atoms with van der Waals surface area (Å²) in [4.78, 5) is 18.8. The fourth-order valence-corrected chi connectivity index (χ4v) is 4.94. The molecule has 7 nitrogen and oxygen atoms in total. The number of benzene rings is 1. The molecular weight excluding hydrogens is 390 g/mol. The Morgan fingerprint density at radius 2 is 1.79 bits per heavy atom. The van der Waals surface area contributed by atoms with E-state index < -0.39 is 10.0 Å². The Balaban J connectivity index is 1.51. The summed E-state index contributed by atoms with van der Waals surface area (Å²) in [6.07, 6.45) is 3.02. The molecular formula is C21H25N3O4S. The summed E-state index contributed by atoms with van der Waals surface area (Å²) in [5.41, 5.74) is 2.04. The van der Waals surface area contributed by atoms with E-state index in [0.29, 0.717) is 31.9 Å². The highest BCUT2D eigenvalue weighted by atomic mass is 32.2. The van der Waals surface area contributed by atoms with Gasteiger partial charge in [-0.2, -0.15) is 0 Å². The van der Waals surface area contributed by atoms with Gasteiger partial charge in [0.2, 0.25) is 10.0 Å². The normalized spacial score (nSPS) is 21.3. The van der Waals surface area contributed by atoms with Gasteiger partial charge in [-0.1, -0.05) is 36.4 Å². The Morgan fingerprint density at radius 3 is 2.48 bits per heavy atom. The van der Waals surface area contributed by atoms with Crippen molar-refractivity contribution < 1.29 is 17.9 Å². The van der Waals surface area contributed by atoms with E-state index in [2.05, 4.69) is 0 Å². The van der Waals surface area contributed by atoms with Gasteiger partial charge in [0.05, 0.1) is 12.3 Å². The summed E-state index contributed by atoms with van der Waals surface area (Å²) in [6.45, 7) is 1.34. The minimum atomic E-state index is -3.15. The van der Waals surface area contributed by atoms with E-state index in [1.807, 2.05) is 48.5 Å². The molecule has 0 bridgehead atoms. The molecule has 1 atom stereocenters. The third-order valence-electron chi connectivity index (χ3n) is 5.62. The summed E-state index contributed by atoms with van der Waals surface area (Å²) in [5, 5.41) is 0. The Kier molecular flexibility index (Phi) is 5.56. The lowest BCUT2D eigenvalue weighted by Crippen LogP contribution is -2.38. The highest BCUT2D eigenvalue weighted by molar-refractivity contribution is 7.88. The van der Waals surface area contributed by atoms with Gasteiger partial charge in [-0.3, -0.25) is 4.90 Å². The molecule has 0 radical (unpaired) electrons. The van der Waals surface area contributed by atoms with Crippen molar-refractivity contribution in [2.75, 3.05) is 30.9 Å². The number of piperidine rings is 1. The second-order valence-corrected chi connectivity index (χ2v) is 9.63. The molecule has 154 valence electrons. The Morgan fingerprint density at radius 1 is 1.07 bits per heavy atom. The van der Waals surface area contributed by atoms with E-state index in [0.717, 1.165) is 24.1 Å². The maximum Gasteiger partial charge on any atom is 0.415 e. The van der Waals surface area contributed by atoms with Gasteiger partial charge in [0.15, 0.2) is 0 Å². The number of anilines is 1. The van der Waals surface area contributed by atoms with Crippen LogP contribution in [0.15, 0.2) is 48.5 Å². The second kappa shape index (κ2) is 8.12. The number of sulfonamides is 1. The van der Waals surface area contributed by atoms with Crippen molar-refractivity contribution in [3.8, 4) is 0 Å². The van der Waals surface area contributed by atoms with Crippen molar-refractivity contribution in [1.82, 2.24) is 9.29 Å².